The van der Waals surface area contributed by atoms with Gasteiger partial charge >= 0.3 is 0 Å². The van der Waals surface area contributed by atoms with E-state index in [2.05, 4.69) is 5.32 Å². The van der Waals surface area contributed by atoms with Crippen LogP contribution in [0.25, 0.3) is 0 Å². The molecule has 7 rings (SSSR count). The van der Waals surface area contributed by atoms with Gasteiger partial charge in [0.2, 0.25) is 11.8 Å². The third-order valence-corrected chi connectivity index (χ3v) is 15.0. The third-order valence-electron chi connectivity index (χ3n) is 12.3. The standard InChI is InChI=1S/C43H55ClN4O8Si/c1-5-55-33-14-16-36-29(21-33)22-35(45-17-6-7-19-49)41(52)48(36)31-11-8-10-28(20-31)25-47-37-15-13-30(44)23-34(37)43(42(47)53)27(2)40(57(3,4)54)38(56-43)24-39(51)46-18-9-12-32(46)26-50/h8,10-11,13-16,20-21,23,27,32,35,38,40,45,49-50,54H,5-7,9,12,17-19,22,24-26H2,1-4H3/t27-,32+,35?,38+,40-,43+/m1/s1. The predicted octanol–water partition coefficient (Wildman–Crippen LogP) is 5.41. The van der Waals surface area contributed by atoms with Gasteiger partial charge in [0.05, 0.1) is 55.7 Å². The first kappa shape index (κ1) is 41.3. The molecule has 306 valence electrons. The molecule has 57 heavy (non-hydrogen) atoms. The number of benzene rings is 3. The number of likely N-dealkylation sites (tertiary alicyclic amines) is 1. The normalized spacial score (nSPS) is 25.8. The lowest BCUT2D eigenvalue weighted by Crippen LogP contribution is -2.49. The highest BCUT2D eigenvalue weighted by Crippen LogP contribution is 2.60. The lowest BCUT2D eigenvalue weighted by Gasteiger charge is -2.35. The van der Waals surface area contributed by atoms with Crippen molar-refractivity contribution in [2.75, 3.05) is 42.7 Å². The second-order valence-corrected chi connectivity index (χ2v) is 20.8. The zero-order chi connectivity index (χ0) is 40.6. The Bertz CT molecular complexity index is 1990. The van der Waals surface area contributed by atoms with Crippen LogP contribution in [0.2, 0.25) is 23.7 Å². The van der Waals surface area contributed by atoms with Gasteiger partial charge in [-0.15, -0.1) is 0 Å². The highest BCUT2D eigenvalue weighted by molar-refractivity contribution is 6.71. The van der Waals surface area contributed by atoms with E-state index in [1.165, 1.54) is 0 Å². The molecule has 2 saturated heterocycles. The molecule has 1 unspecified atom stereocenters. The lowest BCUT2D eigenvalue weighted by atomic mass is 9.82. The zero-order valence-corrected chi connectivity index (χ0v) is 35.0. The first-order valence-corrected chi connectivity index (χ1v) is 23.7. The fourth-order valence-corrected chi connectivity index (χ4v) is 12.5. The van der Waals surface area contributed by atoms with Crippen LogP contribution in [0.1, 0.15) is 62.6 Å². The number of amides is 3. The molecule has 0 saturated carbocycles. The van der Waals surface area contributed by atoms with Crippen molar-refractivity contribution < 1.29 is 38.9 Å². The summed E-state index contributed by atoms with van der Waals surface area (Å²) in [6.07, 6.45) is 2.68. The highest BCUT2D eigenvalue weighted by Gasteiger charge is 2.66. The molecule has 4 heterocycles. The molecule has 4 aliphatic rings. The van der Waals surface area contributed by atoms with Crippen LogP contribution in [0.4, 0.5) is 17.1 Å². The molecule has 1 spiro atoms. The second-order valence-electron chi connectivity index (χ2n) is 16.4. The van der Waals surface area contributed by atoms with Gasteiger partial charge in [-0.2, -0.15) is 0 Å². The van der Waals surface area contributed by atoms with Crippen molar-refractivity contribution in [1.82, 2.24) is 10.2 Å². The van der Waals surface area contributed by atoms with Crippen molar-refractivity contribution in [2.24, 2.45) is 5.92 Å². The summed E-state index contributed by atoms with van der Waals surface area (Å²) in [5, 5.41) is 23.1. The van der Waals surface area contributed by atoms with Gasteiger partial charge in [0.15, 0.2) is 13.9 Å². The van der Waals surface area contributed by atoms with Crippen molar-refractivity contribution in [3.05, 3.63) is 82.4 Å². The van der Waals surface area contributed by atoms with E-state index in [4.69, 9.17) is 21.1 Å². The Labute approximate surface area is 340 Å². The van der Waals surface area contributed by atoms with E-state index < -0.39 is 37.5 Å². The topological polar surface area (TPSA) is 152 Å². The Morgan fingerprint density at radius 1 is 1.07 bits per heavy atom. The first-order chi connectivity index (χ1) is 27.3. The largest absolute Gasteiger partial charge is 0.494 e. The summed E-state index contributed by atoms with van der Waals surface area (Å²) < 4.78 is 12.7. The van der Waals surface area contributed by atoms with Crippen molar-refractivity contribution in [3.63, 3.8) is 0 Å². The molecule has 0 aliphatic carbocycles. The number of rotatable bonds is 14. The molecule has 2 fully saturated rings. The minimum Gasteiger partial charge on any atom is -0.494 e. The Morgan fingerprint density at radius 2 is 1.86 bits per heavy atom. The molecule has 6 atom stereocenters. The predicted molar refractivity (Wildman–Crippen MR) is 221 cm³/mol. The number of anilines is 3. The molecular formula is C43H55ClN4O8Si. The van der Waals surface area contributed by atoms with Crippen molar-refractivity contribution in [2.45, 2.75) is 101 Å². The number of halogens is 1. The molecule has 0 bridgehead atoms. The van der Waals surface area contributed by atoms with Gasteiger partial charge in [-0.1, -0.05) is 30.7 Å². The fraction of sp³-hybridized carbons (Fsp3) is 0.512. The third kappa shape index (κ3) is 7.75. The van der Waals surface area contributed by atoms with E-state index in [0.717, 1.165) is 41.8 Å². The molecule has 0 aromatic heterocycles. The summed E-state index contributed by atoms with van der Waals surface area (Å²) >= 11 is 6.63. The number of carbonyl (C=O) groups is 3. The number of nitrogens with zero attached hydrogens (tertiary/aromatic N) is 3. The monoisotopic (exact) mass is 818 g/mol. The molecule has 4 N–H and O–H groups in total. The van der Waals surface area contributed by atoms with E-state index in [1.807, 2.05) is 75.5 Å². The number of carbonyl (C=O) groups excluding carboxylic acids is 3. The van der Waals surface area contributed by atoms with Gasteiger partial charge in [0.1, 0.15) is 5.75 Å². The van der Waals surface area contributed by atoms with Crippen LogP contribution in [0.3, 0.4) is 0 Å². The maximum Gasteiger partial charge on any atom is 0.264 e. The molecule has 3 amide bonds. The Hall–Kier alpha value is -3.82. The van der Waals surface area contributed by atoms with Gasteiger partial charge in [0.25, 0.3) is 5.91 Å². The summed E-state index contributed by atoms with van der Waals surface area (Å²) in [5.74, 6) is -0.298. The number of aliphatic hydroxyl groups is 2. The minimum atomic E-state index is -3.04. The number of aliphatic hydroxyl groups excluding tert-OH is 2. The maximum atomic E-state index is 15.1. The van der Waals surface area contributed by atoms with Crippen molar-refractivity contribution in [3.8, 4) is 5.75 Å². The van der Waals surface area contributed by atoms with E-state index in [1.54, 1.807) is 26.8 Å². The number of ether oxygens (including phenoxy) is 2. The van der Waals surface area contributed by atoms with Gasteiger partial charge in [0, 0.05) is 40.9 Å². The summed E-state index contributed by atoms with van der Waals surface area (Å²) in [4.78, 5) is 60.0. The molecule has 0 radical (unpaired) electrons. The molecule has 3 aromatic carbocycles. The molecular weight excluding hydrogens is 764 g/mol. The Morgan fingerprint density at radius 3 is 2.60 bits per heavy atom. The number of hydrogen-bond donors (Lipinski definition) is 4. The number of hydrogen-bond acceptors (Lipinski definition) is 9. The molecule has 4 aliphatic heterocycles. The number of nitrogens with one attached hydrogen (secondary N) is 1. The Kier molecular flexibility index (Phi) is 12.2. The van der Waals surface area contributed by atoms with Crippen molar-refractivity contribution >= 4 is 54.7 Å². The van der Waals surface area contributed by atoms with Crippen LogP contribution < -0.4 is 19.9 Å². The average molecular weight is 819 g/mol. The van der Waals surface area contributed by atoms with E-state index >= 15 is 4.79 Å². The summed E-state index contributed by atoms with van der Waals surface area (Å²) in [5.41, 5.74) is 2.48. The van der Waals surface area contributed by atoms with Gasteiger partial charge < -0.3 is 39.6 Å². The quantitative estimate of drug-likeness (QED) is 0.124. The molecule has 12 nitrogen and oxygen atoms in total. The van der Waals surface area contributed by atoms with Crippen LogP contribution in [-0.2, 0) is 37.7 Å². The van der Waals surface area contributed by atoms with E-state index in [-0.39, 0.29) is 49.9 Å². The highest BCUT2D eigenvalue weighted by atomic mass is 35.5. The van der Waals surface area contributed by atoms with Crippen molar-refractivity contribution in [1.29, 1.82) is 0 Å². The first-order valence-electron chi connectivity index (χ1n) is 20.3. The second kappa shape index (κ2) is 16.8. The Balaban J connectivity index is 1.21. The van der Waals surface area contributed by atoms with Crippen LogP contribution >= 0.6 is 11.6 Å². The van der Waals surface area contributed by atoms with E-state index in [0.29, 0.717) is 54.5 Å². The SMILES string of the molecule is CCOc1ccc2c(c1)CC(NCCCCO)C(=O)N2c1cccc(CN2C(=O)[C@@]3(O[C@@H](CC(=O)N4CCC[C@H]4CO)[C@H]([Si](C)(C)O)[C@H]3C)c3cc(Cl)ccc32)c1. The number of unbranched alkanes of at least 4 members (excludes halogenated alkanes) is 1. The minimum absolute atomic E-state index is 0.00976. The average Bonchev–Trinajstić information content (AvgIpc) is 3.84. The fourth-order valence-electron chi connectivity index (χ4n) is 9.75. The summed E-state index contributed by atoms with van der Waals surface area (Å²) in [7, 11) is -3.04. The smallest absolute Gasteiger partial charge is 0.264 e. The molecule has 3 aromatic rings. The number of fused-ring (bicyclic) bond motifs is 3. The summed E-state index contributed by atoms with van der Waals surface area (Å²) in [6.45, 7) is 9.33. The maximum absolute atomic E-state index is 15.1. The zero-order valence-electron chi connectivity index (χ0n) is 33.2. The van der Waals surface area contributed by atoms with Crippen LogP contribution in [0.5, 0.6) is 5.75 Å². The summed E-state index contributed by atoms with van der Waals surface area (Å²) in [6, 6.07) is 18.0. The van der Waals surface area contributed by atoms with E-state index in [9.17, 15) is 24.6 Å². The van der Waals surface area contributed by atoms with Gasteiger partial charge in [-0.25, -0.2) is 0 Å². The van der Waals surface area contributed by atoms with Gasteiger partial charge in [-0.05, 0) is 118 Å². The molecule has 14 heteroatoms. The van der Waals surface area contributed by atoms with Crippen LogP contribution in [0.15, 0.2) is 60.7 Å². The lowest BCUT2D eigenvalue weighted by molar-refractivity contribution is -0.150. The van der Waals surface area contributed by atoms with Crippen LogP contribution in [0, 0.1) is 5.92 Å². The van der Waals surface area contributed by atoms with Crippen LogP contribution in [-0.4, -0.2) is 97.0 Å². The van der Waals surface area contributed by atoms with Gasteiger partial charge in [-0.3, -0.25) is 19.3 Å².